The smallest absolute Gasteiger partial charge is 0.0689 e. The van der Waals surface area contributed by atoms with Crippen LogP contribution in [0.1, 0.15) is 34.1 Å². The average molecular weight is 159 g/mol. The molecule has 68 valence electrons. The molecule has 0 amide bonds. The predicted molar refractivity (Wildman–Crippen MR) is 48.3 cm³/mol. The van der Waals surface area contributed by atoms with E-state index in [9.17, 15) is 0 Å². The van der Waals surface area contributed by atoms with Crippen LogP contribution in [0.5, 0.6) is 0 Å². The standard InChI is InChI=1S/C9H21NO/c1-6-10(5)11-8-7-9(2,3)4/h6-8H2,1-5H3. The molecule has 0 aliphatic rings. The fraction of sp³-hybridized carbons (Fsp3) is 1.00. The van der Waals surface area contributed by atoms with E-state index in [-0.39, 0.29) is 0 Å². The highest BCUT2D eigenvalue weighted by Gasteiger charge is 2.09. The molecule has 2 heteroatoms. The highest BCUT2D eigenvalue weighted by molar-refractivity contribution is 4.59. The van der Waals surface area contributed by atoms with E-state index >= 15 is 0 Å². The van der Waals surface area contributed by atoms with Gasteiger partial charge in [-0.1, -0.05) is 27.7 Å². The lowest BCUT2D eigenvalue weighted by atomic mass is 9.93. The molecule has 0 heterocycles. The highest BCUT2D eigenvalue weighted by Crippen LogP contribution is 2.17. The largest absolute Gasteiger partial charge is 0.299 e. The van der Waals surface area contributed by atoms with Crippen molar-refractivity contribution in [2.24, 2.45) is 5.41 Å². The molecule has 0 aliphatic carbocycles. The highest BCUT2D eigenvalue weighted by atomic mass is 16.7. The van der Waals surface area contributed by atoms with Gasteiger partial charge in [-0.15, -0.1) is 0 Å². The predicted octanol–water partition coefficient (Wildman–Crippen LogP) is 2.31. The van der Waals surface area contributed by atoms with Crippen LogP contribution in [0, 0.1) is 5.41 Å². The maximum Gasteiger partial charge on any atom is 0.0689 e. The Morgan fingerprint density at radius 3 is 2.18 bits per heavy atom. The quantitative estimate of drug-likeness (QED) is 0.584. The van der Waals surface area contributed by atoms with Gasteiger partial charge in [0, 0.05) is 13.6 Å². The molecule has 0 atom stereocenters. The molecule has 0 aromatic heterocycles. The van der Waals surface area contributed by atoms with Crippen LogP contribution in [0.4, 0.5) is 0 Å². The van der Waals surface area contributed by atoms with E-state index in [2.05, 4.69) is 27.7 Å². The van der Waals surface area contributed by atoms with Gasteiger partial charge in [-0.2, -0.15) is 5.06 Å². The van der Waals surface area contributed by atoms with Crippen molar-refractivity contribution in [3.63, 3.8) is 0 Å². The second-order valence-electron chi connectivity index (χ2n) is 4.09. The molecule has 0 saturated carbocycles. The summed E-state index contributed by atoms with van der Waals surface area (Å²) in [7, 11) is 1.96. The monoisotopic (exact) mass is 159 g/mol. The van der Waals surface area contributed by atoms with Gasteiger partial charge in [-0.05, 0) is 11.8 Å². The van der Waals surface area contributed by atoms with Gasteiger partial charge in [-0.25, -0.2) is 0 Å². The first-order valence-electron chi connectivity index (χ1n) is 4.30. The summed E-state index contributed by atoms with van der Waals surface area (Å²) in [6.45, 7) is 10.5. The van der Waals surface area contributed by atoms with Crippen LogP contribution >= 0.6 is 0 Å². The number of rotatable bonds is 4. The van der Waals surface area contributed by atoms with E-state index in [1.165, 1.54) is 0 Å². The van der Waals surface area contributed by atoms with Gasteiger partial charge >= 0.3 is 0 Å². The Balaban J connectivity index is 3.28. The van der Waals surface area contributed by atoms with Crippen molar-refractivity contribution in [3.8, 4) is 0 Å². The van der Waals surface area contributed by atoms with Crippen LogP contribution < -0.4 is 0 Å². The SMILES string of the molecule is CCN(C)OCCC(C)(C)C. The zero-order chi connectivity index (χ0) is 8.91. The van der Waals surface area contributed by atoms with Crippen molar-refractivity contribution >= 4 is 0 Å². The molecule has 0 bridgehead atoms. The number of hydrogen-bond acceptors (Lipinski definition) is 2. The Bertz CT molecular complexity index is 96.2. The van der Waals surface area contributed by atoms with Gasteiger partial charge in [0.2, 0.25) is 0 Å². The van der Waals surface area contributed by atoms with Gasteiger partial charge in [-0.3, -0.25) is 4.84 Å². The molecule has 0 unspecified atom stereocenters. The maximum atomic E-state index is 5.40. The number of nitrogens with zero attached hydrogens (tertiary/aromatic N) is 1. The number of hydrogen-bond donors (Lipinski definition) is 0. The van der Waals surface area contributed by atoms with Crippen LogP contribution in [-0.4, -0.2) is 25.3 Å². The zero-order valence-electron chi connectivity index (χ0n) is 8.48. The van der Waals surface area contributed by atoms with Crippen LogP contribution in [0.2, 0.25) is 0 Å². The summed E-state index contributed by atoms with van der Waals surface area (Å²) >= 11 is 0. The molecule has 0 N–H and O–H groups in total. The molecule has 0 fully saturated rings. The fourth-order valence-corrected chi connectivity index (χ4v) is 0.599. The third kappa shape index (κ3) is 7.82. The van der Waals surface area contributed by atoms with Gasteiger partial charge in [0.25, 0.3) is 0 Å². The Hall–Kier alpha value is -0.0800. The van der Waals surface area contributed by atoms with Crippen LogP contribution in [0.15, 0.2) is 0 Å². The normalized spacial score (nSPS) is 12.5. The van der Waals surface area contributed by atoms with Gasteiger partial charge in [0.1, 0.15) is 0 Å². The minimum atomic E-state index is 0.384. The lowest BCUT2D eigenvalue weighted by molar-refractivity contribution is -0.141. The van der Waals surface area contributed by atoms with Crippen molar-refractivity contribution in [3.05, 3.63) is 0 Å². The first-order valence-corrected chi connectivity index (χ1v) is 4.30. The van der Waals surface area contributed by atoms with Gasteiger partial charge in [0.15, 0.2) is 0 Å². The topological polar surface area (TPSA) is 12.5 Å². The minimum Gasteiger partial charge on any atom is -0.299 e. The first kappa shape index (κ1) is 10.9. The van der Waals surface area contributed by atoms with Gasteiger partial charge in [0.05, 0.1) is 6.61 Å². The summed E-state index contributed by atoms with van der Waals surface area (Å²) in [5.41, 5.74) is 0.384. The molecule has 0 aromatic rings. The van der Waals surface area contributed by atoms with Crippen molar-refractivity contribution in [1.29, 1.82) is 0 Å². The van der Waals surface area contributed by atoms with Crippen molar-refractivity contribution in [2.45, 2.75) is 34.1 Å². The molecule has 0 radical (unpaired) electrons. The molecule has 2 nitrogen and oxygen atoms in total. The van der Waals surface area contributed by atoms with E-state index < -0.39 is 0 Å². The Kier molecular flexibility index (Phi) is 4.69. The molecule has 0 rings (SSSR count). The first-order chi connectivity index (χ1) is 4.95. The molecule has 0 saturated heterocycles. The lowest BCUT2D eigenvalue weighted by Crippen LogP contribution is -2.21. The summed E-state index contributed by atoms with van der Waals surface area (Å²) in [4.78, 5) is 5.40. The Morgan fingerprint density at radius 1 is 1.27 bits per heavy atom. The molecule has 0 spiro atoms. The summed E-state index contributed by atoms with van der Waals surface area (Å²) < 4.78 is 0. The third-order valence-corrected chi connectivity index (χ3v) is 1.61. The third-order valence-electron chi connectivity index (χ3n) is 1.61. The Morgan fingerprint density at radius 2 is 1.82 bits per heavy atom. The van der Waals surface area contributed by atoms with Crippen molar-refractivity contribution in [1.82, 2.24) is 5.06 Å². The van der Waals surface area contributed by atoms with Crippen LogP contribution in [-0.2, 0) is 4.84 Å². The Labute approximate surface area is 70.5 Å². The second kappa shape index (κ2) is 4.73. The van der Waals surface area contributed by atoms with Crippen LogP contribution in [0.3, 0.4) is 0 Å². The molecular formula is C9H21NO. The summed E-state index contributed by atoms with van der Waals surface area (Å²) in [5.74, 6) is 0. The molecule has 11 heavy (non-hydrogen) atoms. The van der Waals surface area contributed by atoms with E-state index in [0.717, 1.165) is 19.6 Å². The van der Waals surface area contributed by atoms with E-state index in [4.69, 9.17) is 4.84 Å². The van der Waals surface area contributed by atoms with Crippen molar-refractivity contribution in [2.75, 3.05) is 20.2 Å². The molecule has 0 aliphatic heterocycles. The maximum absolute atomic E-state index is 5.40. The summed E-state index contributed by atoms with van der Waals surface area (Å²) in [6, 6.07) is 0. The van der Waals surface area contributed by atoms with Crippen molar-refractivity contribution < 1.29 is 4.84 Å². The minimum absolute atomic E-state index is 0.384. The fourth-order valence-electron chi connectivity index (χ4n) is 0.599. The second-order valence-corrected chi connectivity index (χ2v) is 4.09. The zero-order valence-corrected chi connectivity index (χ0v) is 8.48. The summed E-state index contributed by atoms with van der Waals surface area (Å²) in [5, 5.41) is 1.87. The average Bonchev–Trinajstić information content (AvgIpc) is 1.85. The summed E-state index contributed by atoms with van der Waals surface area (Å²) in [6.07, 6.45) is 1.11. The van der Waals surface area contributed by atoms with E-state index in [0.29, 0.717) is 5.41 Å². The van der Waals surface area contributed by atoms with E-state index in [1.54, 1.807) is 0 Å². The van der Waals surface area contributed by atoms with Crippen LogP contribution in [0.25, 0.3) is 0 Å². The lowest BCUT2D eigenvalue weighted by Gasteiger charge is -2.20. The van der Waals surface area contributed by atoms with E-state index in [1.807, 2.05) is 12.1 Å². The van der Waals surface area contributed by atoms with Gasteiger partial charge < -0.3 is 0 Å². The number of hydroxylamine groups is 2. The molecular weight excluding hydrogens is 138 g/mol. The molecule has 0 aromatic carbocycles.